The van der Waals surface area contributed by atoms with Gasteiger partial charge in [0.15, 0.2) is 5.78 Å². The monoisotopic (exact) mass is 341 g/mol. The van der Waals surface area contributed by atoms with Gasteiger partial charge in [0.1, 0.15) is 0 Å². The molecular weight excluding hydrogens is 326 g/mol. The number of hydrogen-bond acceptors (Lipinski definition) is 4. The van der Waals surface area contributed by atoms with Crippen molar-refractivity contribution in [2.24, 2.45) is 0 Å². The van der Waals surface area contributed by atoms with Crippen molar-refractivity contribution in [2.45, 2.75) is 6.92 Å². The summed E-state index contributed by atoms with van der Waals surface area (Å²) in [7, 11) is 0. The van der Waals surface area contributed by atoms with E-state index in [4.69, 9.17) is 0 Å². The normalized spacial score (nSPS) is 10.8. The molecule has 1 aromatic heterocycles. The van der Waals surface area contributed by atoms with Crippen molar-refractivity contribution in [3.63, 3.8) is 0 Å². The predicted octanol–water partition coefficient (Wildman–Crippen LogP) is 4.24. The van der Waals surface area contributed by atoms with Gasteiger partial charge in [-0.25, -0.2) is 9.97 Å². The molecule has 0 aliphatic rings. The fourth-order valence-corrected chi connectivity index (χ4v) is 2.78. The number of aromatic nitrogens is 2. The first-order chi connectivity index (χ1) is 12.6. The molecule has 4 rings (SSSR count). The first-order valence-corrected chi connectivity index (χ1v) is 8.19. The number of para-hydroxylation sites is 2. The Morgan fingerprint density at radius 1 is 0.731 bits per heavy atom. The van der Waals surface area contributed by atoms with E-state index in [0.29, 0.717) is 22.3 Å². The van der Waals surface area contributed by atoms with Gasteiger partial charge in [0.25, 0.3) is 5.91 Å². The lowest BCUT2D eigenvalue weighted by atomic mass is 10.1. The van der Waals surface area contributed by atoms with Crippen molar-refractivity contribution < 1.29 is 9.59 Å². The van der Waals surface area contributed by atoms with E-state index in [-0.39, 0.29) is 11.7 Å². The molecule has 5 heteroatoms. The number of benzene rings is 3. The number of carbonyl (C=O) groups is 2. The second-order valence-electron chi connectivity index (χ2n) is 6.01. The van der Waals surface area contributed by atoms with Crippen LogP contribution in [0.25, 0.3) is 22.1 Å². The Hall–Kier alpha value is -3.60. The van der Waals surface area contributed by atoms with Gasteiger partial charge in [-0.2, -0.15) is 0 Å². The maximum atomic E-state index is 12.6. The molecule has 1 heterocycles. The van der Waals surface area contributed by atoms with Gasteiger partial charge in [0.05, 0.1) is 22.1 Å². The first-order valence-electron chi connectivity index (χ1n) is 8.19. The van der Waals surface area contributed by atoms with Crippen LogP contribution in [-0.4, -0.2) is 21.7 Å². The molecule has 0 fully saturated rings. The third kappa shape index (κ3) is 3.02. The van der Waals surface area contributed by atoms with Crippen LogP contribution >= 0.6 is 0 Å². The molecule has 0 bridgehead atoms. The maximum Gasteiger partial charge on any atom is 0.255 e. The molecule has 1 N–H and O–H groups in total. The lowest BCUT2D eigenvalue weighted by Gasteiger charge is -2.07. The minimum atomic E-state index is -0.262. The summed E-state index contributed by atoms with van der Waals surface area (Å²) >= 11 is 0. The van der Waals surface area contributed by atoms with Crippen LogP contribution in [0, 0.1) is 0 Å². The fraction of sp³-hybridized carbons (Fsp3) is 0.0476. The first kappa shape index (κ1) is 15.9. The molecule has 3 aromatic carbocycles. The largest absolute Gasteiger partial charge is 0.322 e. The van der Waals surface area contributed by atoms with Crippen LogP contribution in [0.15, 0.2) is 66.7 Å². The number of amides is 1. The lowest BCUT2D eigenvalue weighted by molar-refractivity contribution is 0.101. The van der Waals surface area contributed by atoms with Gasteiger partial charge in [0.2, 0.25) is 0 Å². The summed E-state index contributed by atoms with van der Waals surface area (Å²) in [5.74, 6) is -0.309. The van der Waals surface area contributed by atoms with E-state index in [1.807, 2.05) is 24.3 Å². The molecule has 126 valence electrons. The number of carbonyl (C=O) groups excluding carboxylic acids is 2. The average molecular weight is 341 g/mol. The Labute approximate surface area is 149 Å². The molecule has 0 atom stereocenters. The third-order valence-corrected chi connectivity index (χ3v) is 4.13. The zero-order valence-electron chi connectivity index (χ0n) is 14.1. The highest BCUT2D eigenvalue weighted by Crippen LogP contribution is 2.18. The number of anilines is 1. The highest BCUT2D eigenvalue weighted by Gasteiger charge is 2.10. The molecule has 26 heavy (non-hydrogen) atoms. The molecule has 0 unspecified atom stereocenters. The Morgan fingerprint density at radius 2 is 1.42 bits per heavy atom. The number of nitrogens with zero attached hydrogens (tertiary/aromatic N) is 2. The predicted molar refractivity (Wildman–Crippen MR) is 101 cm³/mol. The van der Waals surface area contributed by atoms with E-state index < -0.39 is 0 Å². The van der Waals surface area contributed by atoms with Crippen LogP contribution < -0.4 is 5.32 Å². The lowest BCUT2D eigenvalue weighted by Crippen LogP contribution is -2.12. The van der Waals surface area contributed by atoms with Crippen molar-refractivity contribution in [3.8, 4) is 0 Å². The molecular formula is C21H15N3O2. The van der Waals surface area contributed by atoms with Gasteiger partial charge in [-0.1, -0.05) is 24.3 Å². The number of fused-ring (bicyclic) bond motifs is 2. The zero-order valence-corrected chi connectivity index (χ0v) is 14.1. The van der Waals surface area contributed by atoms with Gasteiger partial charge >= 0.3 is 0 Å². The highest BCUT2D eigenvalue weighted by atomic mass is 16.1. The molecule has 0 spiro atoms. The Balaban J connectivity index is 1.67. The highest BCUT2D eigenvalue weighted by molar-refractivity contribution is 6.06. The van der Waals surface area contributed by atoms with E-state index >= 15 is 0 Å². The summed E-state index contributed by atoms with van der Waals surface area (Å²) in [4.78, 5) is 33.2. The molecule has 0 aliphatic carbocycles. The summed E-state index contributed by atoms with van der Waals surface area (Å²) in [6.07, 6.45) is 0. The van der Waals surface area contributed by atoms with Crippen LogP contribution in [0.5, 0.6) is 0 Å². The van der Waals surface area contributed by atoms with Crippen molar-refractivity contribution in [1.82, 2.24) is 9.97 Å². The third-order valence-electron chi connectivity index (χ3n) is 4.13. The smallest absolute Gasteiger partial charge is 0.255 e. The van der Waals surface area contributed by atoms with Gasteiger partial charge in [-0.3, -0.25) is 9.59 Å². The second-order valence-corrected chi connectivity index (χ2v) is 6.01. The van der Waals surface area contributed by atoms with Crippen LogP contribution in [0.4, 0.5) is 5.69 Å². The second kappa shape index (κ2) is 6.37. The molecule has 0 aliphatic heterocycles. The Kier molecular flexibility index (Phi) is 3.89. The maximum absolute atomic E-state index is 12.6. The fourth-order valence-electron chi connectivity index (χ4n) is 2.78. The topological polar surface area (TPSA) is 72.0 Å². The van der Waals surface area contributed by atoms with Crippen LogP contribution in [0.3, 0.4) is 0 Å². The quantitative estimate of drug-likeness (QED) is 0.447. The molecule has 4 aromatic rings. The van der Waals surface area contributed by atoms with E-state index in [0.717, 1.165) is 16.6 Å². The van der Waals surface area contributed by atoms with E-state index in [9.17, 15) is 9.59 Å². The molecule has 0 saturated carbocycles. The van der Waals surface area contributed by atoms with Gasteiger partial charge < -0.3 is 5.32 Å². The van der Waals surface area contributed by atoms with Crippen molar-refractivity contribution in [3.05, 3.63) is 77.9 Å². The molecule has 0 saturated heterocycles. The van der Waals surface area contributed by atoms with Crippen molar-refractivity contribution >= 4 is 39.4 Å². The summed E-state index contributed by atoms with van der Waals surface area (Å²) in [6.45, 7) is 1.49. The van der Waals surface area contributed by atoms with Crippen molar-refractivity contribution in [2.75, 3.05) is 5.32 Å². The number of Topliss-reactive ketones (excluding diaryl/α,β-unsaturated/α-hetero) is 1. The number of nitrogens with one attached hydrogen (secondary N) is 1. The summed E-state index contributed by atoms with van der Waals surface area (Å²) in [5, 5.41) is 2.82. The van der Waals surface area contributed by atoms with Crippen LogP contribution in [0.2, 0.25) is 0 Å². The molecule has 5 nitrogen and oxygen atoms in total. The standard InChI is InChI=1S/C21H15N3O2/c1-13(25)14-5-4-6-16(11-14)22-21(26)15-9-10-19-20(12-15)24-18-8-3-2-7-17(18)23-19/h2-12H,1H3,(H,22,26). The number of hydrogen-bond donors (Lipinski definition) is 1. The Morgan fingerprint density at radius 3 is 2.15 bits per heavy atom. The SMILES string of the molecule is CC(=O)c1cccc(NC(=O)c2ccc3nc4ccccc4nc3c2)c1. The van der Waals surface area contributed by atoms with Gasteiger partial charge in [-0.15, -0.1) is 0 Å². The zero-order chi connectivity index (χ0) is 18.1. The van der Waals surface area contributed by atoms with Crippen LogP contribution in [0.1, 0.15) is 27.6 Å². The van der Waals surface area contributed by atoms with Crippen molar-refractivity contribution in [1.29, 1.82) is 0 Å². The van der Waals surface area contributed by atoms with Gasteiger partial charge in [0, 0.05) is 16.8 Å². The molecule has 0 radical (unpaired) electrons. The summed E-state index contributed by atoms with van der Waals surface area (Å²) in [5.41, 5.74) is 4.61. The molecule has 1 amide bonds. The Bertz CT molecular complexity index is 1170. The minimum absolute atomic E-state index is 0.0473. The van der Waals surface area contributed by atoms with E-state index in [2.05, 4.69) is 15.3 Å². The number of rotatable bonds is 3. The van der Waals surface area contributed by atoms with Crippen LogP contribution in [-0.2, 0) is 0 Å². The number of ketones is 1. The average Bonchev–Trinajstić information content (AvgIpc) is 2.66. The van der Waals surface area contributed by atoms with E-state index in [1.54, 1.807) is 42.5 Å². The summed E-state index contributed by atoms with van der Waals surface area (Å²) in [6, 6.07) is 19.7. The van der Waals surface area contributed by atoms with E-state index in [1.165, 1.54) is 6.92 Å². The summed E-state index contributed by atoms with van der Waals surface area (Å²) < 4.78 is 0. The minimum Gasteiger partial charge on any atom is -0.322 e. The van der Waals surface area contributed by atoms with Gasteiger partial charge in [-0.05, 0) is 49.4 Å².